The summed E-state index contributed by atoms with van der Waals surface area (Å²) in [5.74, 6) is -0.362. The number of hydrogen-bond acceptors (Lipinski definition) is 3. The molecule has 0 fully saturated rings. The first-order valence-corrected chi connectivity index (χ1v) is 5.92. The van der Waals surface area contributed by atoms with Crippen LogP contribution in [0.15, 0.2) is 0 Å². The molecule has 0 rings (SSSR count). The van der Waals surface area contributed by atoms with E-state index in [4.69, 9.17) is 0 Å². The summed E-state index contributed by atoms with van der Waals surface area (Å²) in [5.41, 5.74) is -1.14. The van der Waals surface area contributed by atoms with Gasteiger partial charge in [-0.2, -0.15) is 0 Å². The summed E-state index contributed by atoms with van der Waals surface area (Å²) in [5, 5.41) is 2.82. The van der Waals surface area contributed by atoms with E-state index in [9.17, 15) is 9.59 Å². The summed E-state index contributed by atoms with van der Waals surface area (Å²) >= 11 is 0. The number of methoxy groups -OCH3 is 1. The topological polar surface area (TPSA) is 55.4 Å². The van der Waals surface area contributed by atoms with Crippen molar-refractivity contribution in [3.63, 3.8) is 0 Å². The molecule has 0 aromatic heterocycles. The fraction of sp³-hybridized carbons (Fsp3) is 0.846. The number of hydrogen-bond donors (Lipinski definition) is 1. The van der Waals surface area contributed by atoms with Gasteiger partial charge < -0.3 is 10.1 Å². The first kappa shape index (κ1) is 15.9. The third kappa shape index (κ3) is 4.02. The van der Waals surface area contributed by atoms with Crippen LogP contribution < -0.4 is 5.32 Å². The Balaban J connectivity index is 4.52. The van der Waals surface area contributed by atoms with Crippen molar-refractivity contribution < 1.29 is 14.3 Å². The first-order chi connectivity index (χ1) is 7.55. The Morgan fingerprint density at radius 2 is 1.65 bits per heavy atom. The maximum absolute atomic E-state index is 11.9. The molecule has 0 heterocycles. The summed E-state index contributed by atoms with van der Waals surface area (Å²) in [6, 6.07) is 0. The lowest BCUT2D eigenvalue weighted by molar-refractivity contribution is -0.156. The fourth-order valence-corrected chi connectivity index (χ4v) is 1.08. The van der Waals surface area contributed by atoms with Gasteiger partial charge in [0, 0.05) is 6.54 Å². The van der Waals surface area contributed by atoms with Gasteiger partial charge in [-0.3, -0.25) is 9.59 Å². The van der Waals surface area contributed by atoms with E-state index >= 15 is 0 Å². The van der Waals surface area contributed by atoms with E-state index in [1.165, 1.54) is 7.11 Å². The average molecular weight is 243 g/mol. The highest BCUT2D eigenvalue weighted by Crippen LogP contribution is 2.25. The molecule has 0 radical (unpaired) electrons. The lowest BCUT2D eigenvalue weighted by atomic mass is 9.81. The summed E-state index contributed by atoms with van der Waals surface area (Å²) in [4.78, 5) is 23.4. The van der Waals surface area contributed by atoms with Gasteiger partial charge in [0.25, 0.3) is 0 Å². The normalized spacial score (nSPS) is 12.5. The number of ether oxygens (including phenoxy) is 1. The van der Waals surface area contributed by atoms with Crippen LogP contribution in [0.5, 0.6) is 0 Å². The molecule has 0 aromatic rings. The van der Waals surface area contributed by atoms with Gasteiger partial charge in [-0.05, 0) is 25.2 Å². The van der Waals surface area contributed by atoms with E-state index in [2.05, 4.69) is 37.7 Å². The maximum atomic E-state index is 11.9. The molecule has 0 aromatic carbocycles. The minimum Gasteiger partial charge on any atom is -0.468 e. The van der Waals surface area contributed by atoms with Crippen molar-refractivity contribution in [1.29, 1.82) is 0 Å². The minimum atomic E-state index is -1.14. The second kappa shape index (κ2) is 5.52. The molecule has 4 nitrogen and oxygen atoms in total. The van der Waals surface area contributed by atoms with Crippen LogP contribution in [-0.4, -0.2) is 25.5 Å². The van der Waals surface area contributed by atoms with Crippen molar-refractivity contribution >= 4 is 11.9 Å². The second-order valence-corrected chi connectivity index (χ2v) is 5.94. The van der Waals surface area contributed by atoms with E-state index < -0.39 is 11.4 Å². The summed E-state index contributed by atoms with van der Waals surface area (Å²) < 4.78 is 4.62. The van der Waals surface area contributed by atoms with Crippen molar-refractivity contribution in [2.45, 2.75) is 41.5 Å². The van der Waals surface area contributed by atoms with Gasteiger partial charge in [0.2, 0.25) is 5.91 Å². The van der Waals surface area contributed by atoms with Crippen LogP contribution in [0.25, 0.3) is 0 Å². The molecule has 0 atom stereocenters. The van der Waals surface area contributed by atoms with Crippen LogP contribution in [-0.2, 0) is 14.3 Å². The van der Waals surface area contributed by atoms with Crippen LogP contribution >= 0.6 is 0 Å². The third-order valence-electron chi connectivity index (χ3n) is 3.53. The van der Waals surface area contributed by atoms with E-state index in [1.54, 1.807) is 13.8 Å². The predicted molar refractivity (Wildman–Crippen MR) is 67.4 cm³/mol. The molecule has 4 heteroatoms. The Bertz CT molecular complexity index is 293. The standard InChI is InChI=1S/C13H25NO3/c1-9(2)12(3,4)8-14-10(15)13(5,6)11(16)17-7/h9H,8H2,1-7H3,(H,14,15). The molecule has 1 N–H and O–H groups in total. The Kier molecular flexibility index (Phi) is 5.17. The van der Waals surface area contributed by atoms with Gasteiger partial charge in [0.1, 0.15) is 5.41 Å². The Hall–Kier alpha value is -1.06. The highest BCUT2D eigenvalue weighted by atomic mass is 16.5. The summed E-state index contributed by atoms with van der Waals surface area (Å²) in [7, 11) is 1.29. The van der Waals surface area contributed by atoms with Crippen molar-refractivity contribution in [3.8, 4) is 0 Å². The number of carbonyl (C=O) groups excluding carboxylic acids is 2. The summed E-state index contributed by atoms with van der Waals surface area (Å²) in [6.07, 6.45) is 0. The van der Waals surface area contributed by atoms with E-state index in [0.717, 1.165) is 0 Å². The Labute approximate surface area is 104 Å². The molecule has 0 aliphatic rings. The monoisotopic (exact) mass is 243 g/mol. The van der Waals surface area contributed by atoms with E-state index in [0.29, 0.717) is 12.5 Å². The van der Waals surface area contributed by atoms with Crippen molar-refractivity contribution in [2.75, 3.05) is 13.7 Å². The summed E-state index contributed by atoms with van der Waals surface area (Å²) in [6.45, 7) is 12.1. The average Bonchev–Trinajstić information content (AvgIpc) is 2.24. The van der Waals surface area contributed by atoms with Crippen molar-refractivity contribution in [1.82, 2.24) is 5.32 Å². The van der Waals surface area contributed by atoms with E-state index in [1.807, 2.05) is 0 Å². The van der Waals surface area contributed by atoms with Gasteiger partial charge in [0.15, 0.2) is 0 Å². The highest BCUT2D eigenvalue weighted by molar-refractivity contribution is 6.01. The van der Waals surface area contributed by atoms with Gasteiger partial charge in [-0.15, -0.1) is 0 Å². The number of carbonyl (C=O) groups is 2. The predicted octanol–water partition coefficient (Wildman–Crippen LogP) is 1.98. The third-order valence-corrected chi connectivity index (χ3v) is 3.53. The zero-order chi connectivity index (χ0) is 13.9. The minimum absolute atomic E-state index is 0.00184. The molecule has 0 spiro atoms. The highest BCUT2D eigenvalue weighted by Gasteiger charge is 2.38. The second-order valence-electron chi connectivity index (χ2n) is 5.94. The van der Waals surface area contributed by atoms with Crippen LogP contribution in [0.2, 0.25) is 0 Å². The molecule has 0 unspecified atom stereocenters. The molecule has 0 aliphatic heterocycles. The lowest BCUT2D eigenvalue weighted by Gasteiger charge is -2.31. The zero-order valence-electron chi connectivity index (χ0n) is 12.0. The number of esters is 1. The molecule has 0 aliphatic carbocycles. The molecule has 0 saturated heterocycles. The number of nitrogens with one attached hydrogen (secondary N) is 1. The van der Waals surface area contributed by atoms with Crippen molar-refractivity contribution in [3.05, 3.63) is 0 Å². The molecule has 0 saturated carbocycles. The van der Waals surface area contributed by atoms with E-state index in [-0.39, 0.29) is 11.3 Å². The van der Waals surface area contributed by atoms with Gasteiger partial charge in [-0.25, -0.2) is 0 Å². The number of amides is 1. The van der Waals surface area contributed by atoms with Crippen LogP contribution in [0.3, 0.4) is 0 Å². The molecule has 17 heavy (non-hydrogen) atoms. The largest absolute Gasteiger partial charge is 0.468 e. The zero-order valence-corrected chi connectivity index (χ0v) is 12.0. The van der Waals surface area contributed by atoms with Crippen LogP contribution in [0.1, 0.15) is 41.5 Å². The van der Waals surface area contributed by atoms with Crippen molar-refractivity contribution in [2.24, 2.45) is 16.7 Å². The lowest BCUT2D eigenvalue weighted by Crippen LogP contribution is -2.46. The van der Waals surface area contributed by atoms with Crippen LogP contribution in [0.4, 0.5) is 0 Å². The fourth-order valence-electron chi connectivity index (χ4n) is 1.08. The molecule has 1 amide bonds. The molecule has 100 valence electrons. The quantitative estimate of drug-likeness (QED) is 0.593. The molecular formula is C13H25NO3. The van der Waals surface area contributed by atoms with Crippen LogP contribution in [0, 0.1) is 16.7 Å². The first-order valence-electron chi connectivity index (χ1n) is 5.92. The number of rotatable bonds is 5. The maximum Gasteiger partial charge on any atom is 0.320 e. The molecule has 0 bridgehead atoms. The van der Waals surface area contributed by atoms with Gasteiger partial charge >= 0.3 is 5.97 Å². The Morgan fingerprint density at radius 1 is 1.18 bits per heavy atom. The SMILES string of the molecule is COC(=O)C(C)(C)C(=O)NCC(C)(C)C(C)C. The van der Waals surface area contributed by atoms with Gasteiger partial charge in [-0.1, -0.05) is 27.7 Å². The Morgan fingerprint density at radius 3 is 2.00 bits per heavy atom. The molecular weight excluding hydrogens is 218 g/mol. The van der Waals surface area contributed by atoms with Gasteiger partial charge in [0.05, 0.1) is 7.11 Å². The smallest absolute Gasteiger partial charge is 0.320 e.